The molecule has 28 heavy (non-hydrogen) atoms. The van der Waals surface area contributed by atoms with Gasteiger partial charge in [0, 0.05) is 30.3 Å². The second-order valence-electron chi connectivity index (χ2n) is 8.95. The maximum atomic E-state index is 14.0. The third kappa shape index (κ3) is 4.57. The van der Waals surface area contributed by atoms with E-state index in [1.54, 1.807) is 11.8 Å². The van der Waals surface area contributed by atoms with E-state index in [1.165, 1.54) is 0 Å². The molecule has 5 nitrogen and oxygen atoms in total. The molecule has 0 radical (unpaired) electrons. The van der Waals surface area contributed by atoms with Crippen molar-refractivity contribution >= 4 is 0 Å². The van der Waals surface area contributed by atoms with Gasteiger partial charge in [-0.1, -0.05) is 13.3 Å². The van der Waals surface area contributed by atoms with Gasteiger partial charge in [-0.25, -0.2) is 8.78 Å². The van der Waals surface area contributed by atoms with Crippen LogP contribution in [0.2, 0.25) is 0 Å². The zero-order valence-electron chi connectivity index (χ0n) is 17.5. The van der Waals surface area contributed by atoms with E-state index in [1.807, 2.05) is 0 Å². The fourth-order valence-corrected chi connectivity index (χ4v) is 4.93. The molecular formula is C21H35F2N3O2. The summed E-state index contributed by atoms with van der Waals surface area (Å²) in [7, 11) is 3.75. The van der Waals surface area contributed by atoms with Gasteiger partial charge >= 0.3 is 0 Å². The Bertz CT molecular complexity index is 654. The first-order valence-electron chi connectivity index (χ1n) is 10.6. The summed E-state index contributed by atoms with van der Waals surface area (Å²) < 4.78 is 35.0. The number of aromatic nitrogens is 2. The van der Waals surface area contributed by atoms with Gasteiger partial charge in [0.15, 0.2) is 0 Å². The Hall–Kier alpha value is -1.05. The van der Waals surface area contributed by atoms with Gasteiger partial charge in [0.1, 0.15) is 6.54 Å². The Morgan fingerprint density at radius 3 is 2.64 bits per heavy atom. The number of methoxy groups -OCH3 is 1. The van der Waals surface area contributed by atoms with Crippen LogP contribution in [0.15, 0.2) is 0 Å². The number of alkyl halides is 2. The largest absolute Gasteiger partial charge is 0.396 e. The Balaban J connectivity index is 1.81. The maximum absolute atomic E-state index is 14.0. The van der Waals surface area contributed by atoms with Crippen molar-refractivity contribution in [3.63, 3.8) is 0 Å². The molecule has 2 aliphatic rings. The predicted molar refractivity (Wildman–Crippen MR) is 105 cm³/mol. The second-order valence-corrected chi connectivity index (χ2v) is 8.95. The van der Waals surface area contributed by atoms with Crippen molar-refractivity contribution in [2.75, 3.05) is 33.9 Å². The molecule has 1 aromatic heterocycles. The summed E-state index contributed by atoms with van der Waals surface area (Å²) >= 11 is 0. The lowest BCUT2D eigenvalue weighted by Crippen LogP contribution is -2.35. The number of ether oxygens (including phenoxy) is 1. The van der Waals surface area contributed by atoms with Crippen LogP contribution in [-0.4, -0.2) is 59.6 Å². The van der Waals surface area contributed by atoms with Crippen LogP contribution in [0.4, 0.5) is 8.78 Å². The van der Waals surface area contributed by atoms with Gasteiger partial charge < -0.3 is 14.7 Å². The lowest BCUT2D eigenvalue weighted by molar-refractivity contribution is -0.00218. The lowest BCUT2D eigenvalue weighted by atomic mass is 9.69. The minimum atomic E-state index is -2.69. The average Bonchev–Trinajstić information content (AvgIpc) is 3.11. The number of nitrogens with zero attached hydrogens (tertiary/aromatic N) is 3. The first-order chi connectivity index (χ1) is 13.3. The van der Waals surface area contributed by atoms with Gasteiger partial charge in [0.05, 0.1) is 25.3 Å². The molecule has 1 N–H and O–H groups in total. The number of hydrogen-bond donors (Lipinski definition) is 1. The van der Waals surface area contributed by atoms with Crippen molar-refractivity contribution in [3.05, 3.63) is 17.0 Å². The molecule has 0 aromatic carbocycles. The molecule has 0 saturated heterocycles. The molecule has 0 bridgehead atoms. The molecule has 1 aromatic rings. The van der Waals surface area contributed by atoms with Crippen LogP contribution in [0.3, 0.4) is 0 Å². The van der Waals surface area contributed by atoms with Crippen LogP contribution in [-0.2, 0) is 24.2 Å². The van der Waals surface area contributed by atoms with Crippen LogP contribution in [0.25, 0.3) is 0 Å². The minimum Gasteiger partial charge on any atom is -0.396 e. The molecule has 0 spiro atoms. The lowest BCUT2D eigenvalue weighted by Gasteiger charge is -2.38. The summed E-state index contributed by atoms with van der Waals surface area (Å²) in [6, 6.07) is 0. The van der Waals surface area contributed by atoms with Gasteiger partial charge in [0.25, 0.3) is 5.92 Å². The number of halogens is 2. The highest BCUT2D eigenvalue weighted by molar-refractivity contribution is 5.34. The van der Waals surface area contributed by atoms with E-state index in [0.717, 1.165) is 62.0 Å². The minimum absolute atomic E-state index is 0.115. The van der Waals surface area contributed by atoms with Crippen molar-refractivity contribution in [1.82, 2.24) is 14.7 Å². The molecule has 0 amide bonds. The van der Waals surface area contributed by atoms with Crippen LogP contribution >= 0.6 is 0 Å². The highest BCUT2D eigenvalue weighted by Gasteiger charge is 2.44. The third-order valence-electron chi connectivity index (χ3n) is 6.54. The SMILES string of the molecule is CCCCN(C)Cc1nn2c(c1C1CCC(CO)(COC)CC1)CC(F)(F)C2. The zero-order chi connectivity index (χ0) is 20.4. The molecule has 7 heteroatoms. The molecule has 160 valence electrons. The molecule has 1 fully saturated rings. The molecule has 3 rings (SSSR count). The summed E-state index contributed by atoms with van der Waals surface area (Å²) in [6.07, 6.45) is 5.54. The molecule has 0 atom stereocenters. The van der Waals surface area contributed by atoms with Gasteiger partial charge in [-0.15, -0.1) is 0 Å². The van der Waals surface area contributed by atoms with Crippen LogP contribution in [0, 0.1) is 5.41 Å². The highest BCUT2D eigenvalue weighted by Crippen LogP contribution is 2.46. The van der Waals surface area contributed by atoms with Crippen LogP contribution in [0.1, 0.15) is 68.3 Å². The van der Waals surface area contributed by atoms with Gasteiger partial charge in [0.2, 0.25) is 0 Å². The second kappa shape index (κ2) is 8.76. The van der Waals surface area contributed by atoms with Crippen molar-refractivity contribution in [3.8, 4) is 0 Å². The van der Waals surface area contributed by atoms with E-state index < -0.39 is 5.92 Å². The van der Waals surface area contributed by atoms with E-state index in [9.17, 15) is 13.9 Å². The summed E-state index contributed by atoms with van der Waals surface area (Å²) in [6.45, 7) is 4.23. The Morgan fingerprint density at radius 2 is 2.04 bits per heavy atom. The summed E-state index contributed by atoms with van der Waals surface area (Å²) in [5, 5.41) is 14.5. The molecule has 1 saturated carbocycles. The molecule has 0 unspecified atom stereocenters. The highest BCUT2D eigenvalue weighted by atomic mass is 19.3. The van der Waals surface area contributed by atoms with Crippen molar-refractivity contribution in [2.24, 2.45) is 5.41 Å². The van der Waals surface area contributed by atoms with Crippen molar-refractivity contribution in [2.45, 2.75) is 76.8 Å². The fourth-order valence-electron chi connectivity index (χ4n) is 4.93. The fraction of sp³-hybridized carbons (Fsp3) is 0.857. The number of aliphatic hydroxyl groups excluding tert-OH is 1. The van der Waals surface area contributed by atoms with Crippen LogP contribution < -0.4 is 0 Å². The smallest absolute Gasteiger partial charge is 0.272 e. The van der Waals surface area contributed by atoms with Crippen LogP contribution in [0.5, 0.6) is 0 Å². The quantitative estimate of drug-likeness (QED) is 0.690. The number of hydrogen-bond acceptors (Lipinski definition) is 4. The maximum Gasteiger partial charge on any atom is 0.272 e. The number of aliphatic hydroxyl groups is 1. The predicted octanol–water partition coefficient (Wildman–Crippen LogP) is 3.59. The third-order valence-corrected chi connectivity index (χ3v) is 6.54. The van der Waals surface area contributed by atoms with Gasteiger partial charge in [-0.2, -0.15) is 5.10 Å². The van der Waals surface area contributed by atoms with Crippen molar-refractivity contribution < 1.29 is 18.6 Å². The summed E-state index contributed by atoms with van der Waals surface area (Å²) in [5.74, 6) is -2.45. The first kappa shape index (κ1) is 21.7. The van der Waals surface area contributed by atoms with E-state index in [-0.39, 0.29) is 30.9 Å². The van der Waals surface area contributed by atoms with Crippen molar-refractivity contribution in [1.29, 1.82) is 0 Å². The number of fused-ring (bicyclic) bond motifs is 1. The standard InChI is InChI=1S/C21H35F2N3O2/c1-4-5-10-25(2)12-17-19(18-11-21(22,23)13-26(18)24-17)16-6-8-20(14-27,9-7-16)15-28-3/h16,27H,4-15H2,1-3H3. The number of rotatable bonds is 9. The number of unbranched alkanes of at least 4 members (excludes halogenated alkanes) is 1. The van der Waals surface area contributed by atoms with E-state index in [2.05, 4.69) is 24.0 Å². The monoisotopic (exact) mass is 399 g/mol. The summed E-state index contributed by atoms with van der Waals surface area (Å²) in [4.78, 5) is 2.25. The van der Waals surface area contributed by atoms with E-state index in [4.69, 9.17) is 4.74 Å². The Labute approximate surface area is 167 Å². The Morgan fingerprint density at radius 1 is 1.32 bits per heavy atom. The summed E-state index contributed by atoms with van der Waals surface area (Å²) in [5.41, 5.74) is 2.57. The average molecular weight is 400 g/mol. The molecule has 2 heterocycles. The Kier molecular flexibility index (Phi) is 6.77. The van der Waals surface area contributed by atoms with E-state index >= 15 is 0 Å². The molecule has 1 aliphatic heterocycles. The molecular weight excluding hydrogens is 364 g/mol. The normalized spacial score (nSPS) is 26.8. The van der Waals surface area contributed by atoms with Gasteiger partial charge in [-0.3, -0.25) is 4.68 Å². The van der Waals surface area contributed by atoms with E-state index in [0.29, 0.717) is 13.2 Å². The first-order valence-corrected chi connectivity index (χ1v) is 10.6. The van der Waals surface area contributed by atoms with Gasteiger partial charge in [-0.05, 0) is 51.6 Å². The topological polar surface area (TPSA) is 50.5 Å². The molecule has 1 aliphatic carbocycles. The zero-order valence-corrected chi connectivity index (χ0v) is 17.5.